The molecular formula is C10H19ClN4O3S. The maximum absolute atomic E-state index is 12.1. The van der Waals surface area contributed by atoms with Crippen LogP contribution < -0.4 is 5.73 Å². The zero-order valence-corrected chi connectivity index (χ0v) is 12.2. The van der Waals surface area contributed by atoms with Crippen molar-refractivity contribution < 1.29 is 12.9 Å². The summed E-state index contributed by atoms with van der Waals surface area (Å²) in [5.41, 5.74) is 5.92. The minimum atomic E-state index is -3.29. The number of hydrogen-bond donors (Lipinski definition) is 1. The largest absolute Gasteiger partial charge is 0.364 e. The van der Waals surface area contributed by atoms with Crippen LogP contribution in [0.15, 0.2) is 16.9 Å². The van der Waals surface area contributed by atoms with Crippen LogP contribution in [0.3, 0.4) is 0 Å². The standard InChI is InChI=1S/C10H18N4O3S.ClH/c11-2-3-13-4-6-14(7-5-13)18(15,16)9-10-1-8-17-12-10;/h1,8H,2-7,9,11H2;1H. The van der Waals surface area contributed by atoms with Crippen LogP contribution in [0.2, 0.25) is 0 Å². The molecule has 9 heteroatoms. The van der Waals surface area contributed by atoms with Gasteiger partial charge in [-0.05, 0) is 0 Å². The third-order valence-electron chi connectivity index (χ3n) is 2.99. The third kappa shape index (κ3) is 4.43. The van der Waals surface area contributed by atoms with Gasteiger partial charge in [-0.15, -0.1) is 12.4 Å². The lowest BCUT2D eigenvalue weighted by molar-refractivity contribution is 0.192. The fraction of sp³-hybridized carbons (Fsp3) is 0.700. The average molecular weight is 311 g/mol. The van der Waals surface area contributed by atoms with E-state index in [-0.39, 0.29) is 18.2 Å². The Bertz CT molecular complexity index is 457. The molecule has 0 bridgehead atoms. The second-order valence-electron chi connectivity index (χ2n) is 4.28. The SMILES string of the molecule is Cl.NCCN1CCN(S(=O)(=O)Cc2ccon2)CC1. The minimum absolute atomic E-state index is 0. The van der Waals surface area contributed by atoms with E-state index in [0.29, 0.717) is 25.3 Å². The first-order valence-electron chi connectivity index (χ1n) is 5.91. The lowest BCUT2D eigenvalue weighted by atomic mass is 10.3. The van der Waals surface area contributed by atoms with Crippen LogP contribution in [0.4, 0.5) is 0 Å². The molecule has 1 aromatic heterocycles. The van der Waals surface area contributed by atoms with Gasteiger partial charge in [-0.3, -0.25) is 4.90 Å². The molecule has 0 atom stereocenters. The van der Waals surface area contributed by atoms with E-state index < -0.39 is 10.0 Å². The predicted octanol–water partition coefficient (Wildman–Crippen LogP) is -0.497. The van der Waals surface area contributed by atoms with Gasteiger partial charge in [-0.2, -0.15) is 4.31 Å². The maximum Gasteiger partial charge on any atom is 0.220 e. The molecular weight excluding hydrogens is 292 g/mol. The third-order valence-corrected chi connectivity index (χ3v) is 4.80. The highest BCUT2D eigenvalue weighted by Gasteiger charge is 2.27. The van der Waals surface area contributed by atoms with Crippen LogP contribution in [0.1, 0.15) is 5.69 Å². The van der Waals surface area contributed by atoms with Gasteiger partial charge in [0.15, 0.2) is 0 Å². The molecule has 2 N–H and O–H groups in total. The van der Waals surface area contributed by atoms with Crippen LogP contribution in [0.5, 0.6) is 0 Å². The second-order valence-corrected chi connectivity index (χ2v) is 6.25. The van der Waals surface area contributed by atoms with Crippen LogP contribution in [0.25, 0.3) is 0 Å². The molecule has 1 saturated heterocycles. The number of hydrogen-bond acceptors (Lipinski definition) is 6. The van der Waals surface area contributed by atoms with Crippen molar-refractivity contribution in [3.05, 3.63) is 18.0 Å². The Balaban J connectivity index is 0.00000180. The summed E-state index contributed by atoms with van der Waals surface area (Å²) in [4.78, 5) is 2.17. The normalized spacial score (nSPS) is 18.2. The van der Waals surface area contributed by atoms with Crippen molar-refractivity contribution in [1.29, 1.82) is 0 Å². The fourth-order valence-electron chi connectivity index (χ4n) is 2.00. The first kappa shape index (κ1) is 16.4. The molecule has 2 rings (SSSR count). The summed E-state index contributed by atoms with van der Waals surface area (Å²) >= 11 is 0. The summed E-state index contributed by atoms with van der Waals surface area (Å²) in [6.45, 7) is 3.91. The fourth-order valence-corrected chi connectivity index (χ4v) is 3.43. The Morgan fingerprint density at radius 3 is 2.53 bits per heavy atom. The highest BCUT2D eigenvalue weighted by Crippen LogP contribution is 2.12. The summed E-state index contributed by atoms with van der Waals surface area (Å²) in [6.07, 6.45) is 1.38. The van der Waals surface area contributed by atoms with Gasteiger partial charge in [0.05, 0.1) is 5.69 Å². The number of rotatable bonds is 5. The zero-order chi connectivity index (χ0) is 13.0. The molecule has 19 heavy (non-hydrogen) atoms. The molecule has 1 aliphatic rings. The molecule has 110 valence electrons. The molecule has 7 nitrogen and oxygen atoms in total. The number of halogens is 1. The van der Waals surface area contributed by atoms with Gasteiger partial charge >= 0.3 is 0 Å². The van der Waals surface area contributed by atoms with Gasteiger partial charge in [-0.25, -0.2) is 8.42 Å². The van der Waals surface area contributed by atoms with Crippen molar-refractivity contribution in [1.82, 2.24) is 14.4 Å². The highest BCUT2D eigenvalue weighted by molar-refractivity contribution is 7.88. The van der Waals surface area contributed by atoms with Crippen LogP contribution in [-0.2, 0) is 15.8 Å². The zero-order valence-electron chi connectivity index (χ0n) is 10.6. The van der Waals surface area contributed by atoms with Gasteiger partial charge in [-0.1, -0.05) is 5.16 Å². The lowest BCUT2D eigenvalue weighted by Crippen LogP contribution is -2.49. The Morgan fingerprint density at radius 2 is 2.00 bits per heavy atom. The van der Waals surface area contributed by atoms with Crippen molar-refractivity contribution >= 4 is 22.4 Å². The maximum atomic E-state index is 12.1. The summed E-state index contributed by atoms with van der Waals surface area (Å²) in [5, 5.41) is 3.63. The van der Waals surface area contributed by atoms with Gasteiger partial charge in [0.2, 0.25) is 10.0 Å². The molecule has 1 aliphatic heterocycles. The van der Waals surface area contributed by atoms with Gasteiger partial charge < -0.3 is 10.3 Å². The summed E-state index contributed by atoms with van der Waals surface area (Å²) < 4.78 is 30.4. The average Bonchev–Trinajstić information content (AvgIpc) is 2.82. The molecule has 0 saturated carbocycles. The molecule has 0 unspecified atom stereocenters. The van der Waals surface area contributed by atoms with E-state index in [1.165, 1.54) is 10.6 Å². The second kappa shape index (κ2) is 7.20. The van der Waals surface area contributed by atoms with E-state index >= 15 is 0 Å². The van der Waals surface area contributed by atoms with Crippen molar-refractivity contribution in [3.8, 4) is 0 Å². The van der Waals surface area contributed by atoms with Crippen LogP contribution >= 0.6 is 12.4 Å². The Hall–Kier alpha value is -0.670. The molecule has 1 aromatic rings. The number of sulfonamides is 1. The monoisotopic (exact) mass is 310 g/mol. The molecule has 0 amide bonds. The van der Waals surface area contributed by atoms with E-state index in [2.05, 4.69) is 14.6 Å². The van der Waals surface area contributed by atoms with E-state index in [4.69, 9.17) is 5.73 Å². The molecule has 2 heterocycles. The first-order valence-corrected chi connectivity index (χ1v) is 7.52. The Labute approximate surface area is 119 Å². The number of nitrogens with zero attached hydrogens (tertiary/aromatic N) is 3. The van der Waals surface area contributed by atoms with Crippen LogP contribution in [0, 0.1) is 0 Å². The van der Waals surface area contributed by atoms with E-state index in [1.54, 1.807) is 6.07 Å². The van der Waals surface area contributed by atoms with Crippen molar-refractivity contribution in [2.75, 3.05) is 39.3 Å². The Morgan fingerprint density at radius 1 is 1.32 bits per heavy atom. The molecule has 0 aliphatic carbocycles. The summed E-state index contributed by atoms with van der Waals surface area (Å²) in [5.74, 6) is -0.0968. The van der Waals surface area contributed by atoms with Crippen LogP contribution in [-0.4, -0.2) is 62.0 Å². The molecule has 0 aromatic carbocycles. The number of piperazine rings is 1. The lowest BCUT2D eigenvalue weighted by Gasteiger charge is -2.33. The topological polar surface area (TPSA) is 92.7 Å². The Kier molecular flexibility index (Phi) is 6.21. The quantitative estimate of drug-likeness (QED) is 0.788. The van der Waals surface area contributed by atoms with Crippen molar-refractivity contribution in [2.24, 2.45) is 5.73 Å². The summed E-state index contributed by atoms with van der Waals surface area (Å²) in [6, 6.07) is 1.57. The van der Waals surface area contributed by atoms with Gasteiger partial charge in [0.25, 0.3) is 0 Å². The van der Waals surface area contributed by atoms with E-state index in [9.17, 15) is 8.42 Å². The van der Waals surface area contributed by atoms with Gasteiger partial charge in [0.1, 0.15) is 12.0 Å². The van der Waals surface area contributed by atoms with Crippen molar-refractivity contribution in [3.63, 3.8) is 0 Å². The van der Waals surface area contributed by atoms with E-state index in [0.717, 1.165) is 19.6 Å². The first-order chi connectivity index (χ1) is 8.62. The highest BCUT2D eigenvalue weighted by atomic mass is 35.5. The van der Waals surface area contributed by atoms with E-state index in [1.807, 2.05) is 0 Å². The predicted molar refractivity (Wildman–Crippen MR) is 73.4 cm³/mol. The number of nitrogens with two attached hydrogens (primary N) is 1. The molecule has 1 fully saturated rings. The smallest absolute Gasteiger partial charge is 0.220 e. The van der Waals surface area contributed by atoms with Gasteiger partial charge in [0, 0.05) is 45.3 Å². The molecule has 0 radical (unpaired) electrons. The minimum Gasteiger partial charge on any atom is -0.364 e. The number of aromatic nitrogens is 1. The van der Waals surface area contributed by atoms with Crippen molar-refractivity contribution in [2.45, 2.75) is 5.75 Å². The molecule has 0 spiro atoms. The summed E-state index contributed by atoms with van der Waals surface area (Å²) in [7, 11) is -3.29.